The first-order valence-electron chi connectivity index (χ1n) is 11.6. The molecule has 0 radical (unpaired) electrons. The van der Waals surface area contributed by atoms with E-state index in [1.165, 1.54) is 11.3 Å². The Hall–Kier alpha value is -4.19. The summed E-state index contributed by atoms with van der Waals surface area (Å²) in [5.41, 5.74) is 4.02. The number of hydrogen-bond donors (Lipinski definition) is 1. The molecule has 0 bridgehead atoms. The molecule has 0 unspecified atom stereocenters. The lowest BCUT2D eigenvalue weighted by atomic mass is 10.1. The second-order valence-electron chi connectivity index (χ2n) is 8.30. The number of benzene rings is 2. The molecule has 1 fully saturated rings. The molecule has 0 spiro atoms. The Kier molecular flexibility index (Phi) is 6.94. The molecule has 3 heterocycles. The molecule has 180 valence electrons. The van der Waals surface area contributed by atoms with E-state index in [1.54, 1.807) is 30.5 Å². The monoisotopic (exact) mass is 496 g/mol. The first kappa shape index (κ1) is 23.5. The topological polar surface area (TPSA) is 87.5 Å². The SMILES string of the molecule is Cc1cc(Oc2ncccc2C#N)ccc1NC(=O)c1cc(-c2ccccc2)c(N2CCOCC2)s1. The van der Waals surface area contributed by atoms with Gasteiger partial charge in [0, 0.05) is 30.5 Å². The van der Waals surface area contributed by atoms with Crippen LogP contribution in [0.3, 0.4) is 0 Å². The van der Waals surface area contributed by atoms with E-state index in [4.69, 9.17) is 9.47 Å². The molecule has 0 saturated carbocycles. The highest BCUT2D eigenvalue weighted by molar-refractivity contribution is 7.18. The zero-order valence-electron chi connectivity index (χ0n) is 19.7. The van der Waals surface area contributed by atoms with Crippen molar-refractivity contribution in [3.8, 4) is 28.8 Å². The summed E-state index contributed by atoms with van der Waals surface area (Å²) in [6.45, 7) is 4.85. The van der Waals surface area contributed by atoms with E-state index in [1.807, 2.05) is 37.3 Å². The maximum atomic E-state index is 13.3. The second kappa shape index (κ2) is 10.6. The summed E-state index contributed by atoms with van der Waals surface area (Å²) in [6, 6.07) is 22.9. The van der Waals surface area contributed by atoms with E-state index in [-0.39, 0.29) is 11.8 Å². The molecule has 1 amide bonds. The summed E-state index contributed by atoms with van der Waals surface area (Å²) >= 11 is 1.50. The second-order valence-corrected chi connectivity index (χ2v) is 9.33. The molecule has 1 saturated heterocycles. The Morgan fingerprint density at radius 3 is 2.67 bits per heavy atom. The van der Waals surface area contributed by atoms with E-state index in [9.17, 15) is 10.1 Å². The summed E-state index contributed by atoms with van der Waals surface area (Å²) in [5.74, 6) is 0.626. The lowest BCUT2D eigenvalue weighted by molar-refractivity contribution is 0.103. The number of amides is 1. The molecule has 7 nitrogen and oxygen atoms in total. The van der Waals surface area contributed by atoms with Gasteiger partial charge in [-0.3, -0.25) is 4.79 Å². The fourth-order valence-corrected chi connectivity index (χ4v) is 5.14. The molecule has 8 heteroatoms. The third-order valence-electron chi connectivity index (χ3n) is 5.87. The first-order valence-corrected chi connectivity index (χ1v) is 12.4. The predicted octanol–water partition coefficient (Wildman–Crippen LogP) is 5.87. The van der Waals surface area contributed by atoms with Crippen molar-refractivity contribution in [1.82, 2.24) is 4.98 Å². The lowest BCUT2D eigenvalue weighted by Gasteiger charge is -2.28. The third kappa shape index (κ3) is 5.08. The number of aromatic nitrogens is 1. The Bertz CT molecular complexity index is 1420. The zero-order chi connectivity index (χ0) is 24.9. The number of carbonyl (C=O) groups excluding carboxylic acids is 1. The standard InChI is InChI=1S/C28H24N4O3S/c1-19-16-22(35-27-21(18-29)8-5-11-30-27)9-10-24(19)31-26(33)25-17-23(20-6-3-2-4-7-20)28(36-25)32-12-14-34-15-13-32/h2-11,16-17H,12-15H2,1H3,(H,31,33). The molecule has 1 aliphatic rings. The van der Waals surface area contributed by atoms with Gasteiger partial charge in [-0.1, -0.05) is 30.3 Å². The molecule has 5 rings (SSSR count). The van der Waals surface area contributed by atoms with Crippen LogP contribution in [-0.4, -0.2) is 37.2 Å². The largest absolute Gasteiger partial charge is 0.438 e. The van der Waals surface area contributed by atoms with E-state index in [2.05, 4.69) is 33.4 Å². The number of nitriles is 1. The van der Waals surface area contributed by atoms with Crippen molar-refractivity contribution in [2.75, 3.05) is 36.5 Å². The van der Waals surface area contributed by atoms with Crippen molar-refractivity contribution in [2.45, 2.75) is 6.92 Å². The molecule has 0 atom stereocenters. The molecule has 1 aliphatic heterocycles. The number of thiophene rings is 1. The Morgan fingerprint density at radius 1 is 1.11 bits per heavy atom. The average Bonchev–Trinajstić information content (AvgIpc) is 3.37. The van der Waals surface area contributed by atoms with Crippen molar-refractivity contribution in [3.05, 3.63) is 88.9 Å². The number of nitrogens with zero attached hydrogens (tertiary/aromatic N) is 3. The van der Waals surface area contributed by atoms with Crippen LogP contribution in [0.15, 0.2) is 72.9 Å². The number of aryl methyl sites for hydroxylation is 1. The molecule has 36 heavy (non-hydrogen) atoms. The van der Waals surface area contributed by atoms with Crippen LogP contribution < -0.4 is 15.0 Å². The number of carbonyl (C=O) groups is 1. The van der Waals surface area contributed by atoms with Gasteiger partial charge in [0.1, 0.15) is 17.4 Å². The summed E-state index contributed by atoms with van der Waals surface area (Å²) in [6.07, 6.45) is 1.58. The van der Waals surface area contributed by atoms with Gasteiger partial charge in [-0.25, -0.2) is 4.98 Å². The van der Waals surface area contributed by atoms with Crippen molar-refractivity contribution >= 4 is 27.9 Å². The molecular formula is C28H24N4O3S. The highest BCUT2D eigenvalue weighted by Gasteiger charge is 2.22. The van der Waals surface area contributed by atoms with Gasteiger partial charge in [-0.2, -0.15) is 5.26 Å². The van der Waals surface area contributed by atoms with Crippen LogP contribution in [-0.2, 0) is 4.74 Å². The Labute approximate surface area is 213 Å². The zero-order valence-corrected chi connectivity index (χ0v) is 20.5. The van der Waals surface area contributed by atoms with Crippen molar-refractivity contribution in [1.29, 1.82) is 5.26 Å². The van der Waals surface area contributed by atoms with Crippen LogP contribution in [0, 0.1) is 18.3 Å². The van der Waals surface area contributed by atoms with E-state index >= 15 is 0 Å². The smallest absolute Gasteiger partial charge is 0.265 e. The van der Waals surface area contributed by atoms with E-state index in [0.29, 0.717) is 35.1 Å². The lowest BCUT2D eigenvalue weighted by Crippen LogP contribution is -2.35. The highest BCUT2D eigenvalue weighted by Crippen LogP contribution is 2.40. The fourth-order valence-electron chi connectivity index (χ4n) is 4.01. The number of hydrogen-bond acceptors (Lipinski definition) is 7. The van der Waals surface area contributed by atoms with Gasteiger partial charge in [0.15, 0.2) is 0 Å². The maximum absolute atomic E-state index is 13.3. The third-order valence-corrected chi connectivity index (χ3v) is 7.07. The summed E-state index contributed by atoms with van der Waals surface area (Å²) < 4.78 is 11.3. The van der Waals surface area contributed by atoms with Crippen molar-refractivity contribution in [3.63, 3.8) is 0 Å². The van der Waals surface area contributed by atoms with E-state index in [0.717, 1.165) is 34.8 Å². The Balaban J connectivity index is 1.37. The van der Waals surface area contributed by atoms with E-state index < -0.39 is 0 Å². The minimum atomic E-state index is -0.162. The van der Waals surface area contributed by atoms with Gasteiger partial charge in [0.05, 0.1) is 23.1 Å². The normalized spacial score (nSPS) is 13.2. The molecule has 0 aliphatic carbocycles. The number of rotatable bonds is 6. The fraction of sp³-hybridized carbons (Fsp3) is 0.179. The van der Waals surface area contributed by atoms with Gasteiger partial charge >= 0.3 is 0 Å². The van der Waals surface area contributed by atoms with Crippen molar-refractivity contribution in [2.24, 2.45) is 0 Å². The van der Waals surface area contributed by atoms with Crippen LogP contribution in [0.2, 0.25) is 0 Å². The Morgan fingerprint density at radius 2 is 1.92 bits per heavy atom. The minimum Gasteiger partial charge on any atom is -0.438 e. The van der Waals surface area contributed by atoms with Gasteiger partial charge in [0.25, 0.3) is 5.91 Å². The molecule has 4 aromatic rings. The van der Waals surface area contributed by atoms with Crippen LogP contribution in [0.5, 0.6) is 11.6 Å². The predicted molar refractivity (Wildman–Crippen MR) is 141 cm³/mol. The number of pyridine rings is 1. The van der Waals surface area contributed by atoms with Crippen LogP contribution in [0.1, 0.15) is 20.8 Å². The number of ether oxygens (including phenoxy) is 2. The maximum Gasteiger partial charge on any atom is 0.265 e. The van der Waals surface area contributed by atoms with Gasteiger partial charge < -0.3 is 19.7 Å². The molecule has 2 aromatic heterocycles. The number of anilines is 2. The molecular weight excluding hydrogens is 472 g/mol. The molecule has 2 aromatic carbocycles. The number of nitrogens with one attached hydrogen (secondary N) is 1. The highest BCUT2D eigenvalue weighted by atomic mass is 32.1. The van der Waals surface area contributed by atoms with Gasteiger partial charge in [0.2, 0.25) is 5.88 Å². The number of morpholine rings is 1. The van der Waals surface area contributed by atoms with Gasteiger partial charge in [-0.05, 0) is 54.4 Å². The average molecular weight is 497 g/mol. The minimum absolute atomic E-state index is 0.162. The van der Waals surface area contributed by atoms with Gasteiger partial charge in [-0.15, -0.1) is 11.3 Å². The summed E-state index contributed by atoms with van der Waals surface area (Å²) in [7, 11) is 0. The summed E-state index contributed by atoms with van der Waals surface area (Å²) in [5, 5.41) is 13.4. The van der Waals surface area contributed by atoms with Crippen molar-refractivity contribution < 1.29 is 14.3 Å². The molecule has 1 N–H and O–H groups in total. The quantitative estimate of drug-likeness (QED) is 0.359. The van der Waals surface area contributed by atoms with Crippen LogP contribution in [0.25, 0.3) is 11.1 Å². The summed E-state index contributed by atoms with van der Waals surface area (Å²) in [4.78, 5) is 20.3. The van der Waals surface area contributed by atoms with Crippen LogP contribution >= 0.6 is 11.3 Å². The first-order chi connectivity index (χ1) is 17.6. The van der Waals surface area contributed by atoms with Crippen LogP contribution in [0.4, 0.5) is 10.7 Å².